The summed E-state index contributed by atoms with van der Waals surface area (Å²) in [4.78, 5) is 13.6. The van der Waals surface area contributed by atoms with Crippen LogP contribution in [0.5, 0.6) is 5.88 Å². The number of ether oxygens (including phenoxy) is 1. The number of aromatic amines is 1. The van der Waals surface area contributed by atoms with Gasteiger partial charge in [-0.2, -0.15) is 0 Å². The van der Waals surface area contributed by atoms with E-state index in [9.17, 15) is 4.79 Å². The van der Waals surface area contributed by atoms with E-state index in [1.54, 1.807) is 6.20 Å². The first-order valence-corrected chi connectivity index (χ1v) is 3.64. The van der Waals surface area contributed by atoms with Crippen LogP contribution >= 0.6 is 0 Å². The Morgan fingerprint density at radius 2 is 2.45 bits per heavy atom. The van der Waals surface area contributed by atoms with Crippen LogP contribution in [0.3, 0.4) is 0 Å². The lowest BCUT2D eigenvalue weighted by atomic mass is 10.5. The van der Waals surface area contributed by atoms with Gasteiger partial charge in [-0.15, -0.1) is 0 Å². The van der Waals surface area contributed by atoms with Crippen LogP contribution < -0.4 is 10.2 Å². The molecule has 0 aliphatic heterocycles. The Balaban J connectivity index is 2.64. The van der Waals surface area contributed by atoms with Gasteiger partial charge >= 0.3 is 0 Å². The zero-order chi connectivity index (χ0) is 8.10. The molecule has 0 aliphatic rings. The van der Waals surface area contributed by atoms with Crippen LogP contribution in [0.4, 0.5) is 0 Å². The topological polar surface area (TPSA) is 42.1 Å². The largest absolute Gasteiger partial charge is 0.479 e. The molecule has 3 heteroatoms. The molecular formula is C8H11NO2. The van der Waals surface area contributed by atoms with E-state index in [1.165, 1.54) is 12.1 Å². The van der Waals surface area contributed by atoms with E-state index in [2.05, 4.69) is 4.98 Å². The third-order valence-corrected chi connectivity index (χ3v) is 1.21. The highest BCUT2D eigenvalue weighted by Gasteiger charge is 1.90. The summed E-state index contributed by atoms with van der Waals surface area (Å²) in [5.41, 5.74) is -0.0325. The highest BCUT2D eigenvalue weighted by Crippen LogP contribution is 1.99. The molecule has 0 aromatic carbocycles. The fourth-order valence-electron chi connectivity index (χ4n) is 0.720. The highest BCUT2D eigenvalue weighted by atomic mass is 16.5. The monoisotopic (exact) mass is 153 g/mol. The summed E-state index contributed by atoms with van der Waals surface area (Å²) in [6.45, 7) is 2.65. The lowest BCUT2D eigenvalue weighted by molar-refractivity contribution is 0.305. The minimum Gasteiger partial charge on any atom is -0.479 e. The molecule has 0 saturated heterocycles. The Morgan fingerprint density at radius 3 is 3.09 bits per heavy atom. The lowest BCUT2D eigenvalue weighted by Crippen LogP contribution is -2.02. The molecule has 1 N–H and O–H groups in total. The molecule has 1 aromatic rings. The maximum atomic E-state index is 10.8. The van der Waals surface area contributed by atoms with Crippen LogP contribution in [-0.4, -0.2) is 11.6 Å². The van der Waals surface area contributed by atoms with Crippen molar-refractivity contribution < 1.29 is 4.74 Å². The first-order valence-electron chi connectivity index (χ1n) is 3.64. The van der Waals surface area contributed by atoms with Crippen LogP contribution in [0.25, 0.3) is 0 Å². The maximum absolute atomic E-state index is 10.8. The first kappa shape index (κ1) is 7.85. The molecule has 0 atom stereocenters. The molecule has 0 fully saturated rings. The number of hydrogen-bond acceptors (Lipinski definition) is 2. The zero-order valence-electron chi connectivity index (χ0n) is 6.46. The Kier molecular flexibility index (Phi) is 2.72. The van der Waals surface area contributed by atoms with Crippen molar-refractivity contribution in [1.29, 1.82) is 0 Å². The molecule has 0 spiro atoms. The summed E-state index contributed by atoms with van der Waals surface area (Å²) >= 11 is 0. The lowest BCUT2D eigenvalue weighted by Gasteiger charge is -2.01. The van der Waals surface area contributed by atoms with Gasteiger partial charge in [0.2, 0.25) is 0 Å². The van der Waals surface area contributed by atoms with Gasteiger partial charge in [-0.3, -0.25) is 4.79 Å². The van der Waals surface area contributed by atoms with E-state index < -0.39 is 0 Å². The number of hydrogen-bond donors (Lipinski definition) is 1. The average molecular weight is 153 g/mol. The molecule has 1 heterocycles. The Morgan fingerprint density at radius 1 is 1.64 bits per heavy atom. The van der Waals surface area contributed by atoms with E-state index in [1.807, 2.05) is 6.92 Å². The number of nitrogens with one attached hydrogen (secondary N) is 1. The summed E-state index contributed by atoms with van der Waals surface area (Å²) in [5, 5.41) is 0. The Labute approximate surface area is 65.0 Å². The van der Waals surface area contributed by atoms with Crippen molar-refractivity contribution in [2.45, 2.75) is 13.3 Å². The molecule has 0 amide bonds. The van der Waals surface area contributed by atoms with E-state index in [0.717, 1.165) is 6.42 Å². The fraction of sp³-hybridized carbons (Fsp3) is 0.375. The standard InChI is InChI=1S/C8H11NO2/c1-2-5-11-8-6-7(10)3-4-9-8/h3-4,6H,2,5H2,1H3,(H,9,10). The van der Waals surface area contributed by atoms with Crippen LogP contribution in [0.1, 0.15) is 13.3 Å². The summed E-state index contributed by atoms with van der Waals surface area (Å²) in [7, 11) is 0. The quantitative estimate of drug-likeness (QED) is 0.708. The normalized spacial score (nSPS) is 9.55. The second-order valence-electron chi connectivity index (χ2n) is 2.24. The van der Waals surface area contributed by atoms with Crippen LogP contribution in [0.2, 0.25) is 0 Å². The van der Waals surface area contributed by atoms with E-state index in [0.29, 0.717) is 12.5 Å². The third-order valence-electron chi connectivity index (χ3n) is 1.21. The number of pyridine rings is 1. The highest BCUT2D eigenvalue weighted by molar-refractivity contribution is 5.09. The predicted molar refractivity (Wildman–Crippen MR) is 42.8 cm³/mol. The minimum absolute atomic E-state index is 0.0325. The molecule has 1 aromatic heterocycles. The molecule has 0 bridgehead atoms. The van der Waals surface area contributed by atoms with Crippen LogP contribution in [0, 0.1) is 0 Å². The van der Waals surface area contributed by atoms with Gasteiger partial charge in [-0.05, 0) is 6.42 Å². The van der Waals surface area contributed by atoms with Crippen molar-refractivity contribution in [1.82, 2.24) is 4.98 Å². The van der Waals surface area contributed by atoms with Gasteiger partial charge in [0.15, 0.2) is 11.3 Å². The minimum atomic E-state index is -0.0325. The molecule has 1 rings (SSSR count). The molecular weight excluding hydrogens is 142 g/mol. The number of H-pyrrole nitrogens is 1. The SMILES string of the molecule is CCCOc1cc(=O)cc[nH]1. The Hall–Kier alpha value is -1.25. The summed E-state index contributed by atoms with van der Waals surface area (Å²) in [6, 6.07) is 2.90. The molecule has 11 heavy (non-hydrogen) atoms. The van der Waals surface area contributed by atoms with Crippen molar-refractivity contribution in [3.8, 4) is 5.88 Å². The summed E-state index contributed by atoms with van der Waals surface area (Å²) in [6.07, 6.45) is 2.52. The van der Waals surface area contributed by atoms with Crippen molar-refractivity contribution in [2.75, 3.05) is 6.61 Å². The molecule has 0 radical (unpaired) electrons. The van der Waals surface area contributed by atoms with Gasteiger partial charge in [0, 0.05) is 18.3 Å². The van der Waals surface area contributed by atoms with Gasteiger partial charge in [-0.25, -0.2) is 0 Å². The smallest absolute Gasteiger partial charge is 0.194 e. The number of rotatable bonds is 3. The van der Waals surface area contributed by atoms with Gasteiger partial charge in [0.1, 0.15) is 0 Å². The summed E-state index contributed by atoms with van der Waals surface area (Å²) < 4.78 is 5.18. The average Bonchev–Trinajstić information content (AvgIpc) is 2.01. The molecule has 0 unspecified atom stereocenters. The molecule has 3 nitrogen and oxygen atoms in total. The van der Waals surface area contributed by atoms with Gasteiger partial charge in [-0.1, -0.05) is 6.92 Å². The van der Waals surface area contributed by atoms with Crippen molar-refractivity contribution >= 4 is 0 Å². The Bertz CT molecular complexity index is 267. The number of aromatic nitrogens is 1. The molecule has 0 aliphatic carbocycles. The maximum Gasteiger partial charge on any atom is 0.194 e. The third kappa shape index (κ3) is 2.45. The van der Waals surface area contributed by atoms with Crippen molar-refractivity contribution in [3.63, 3.8) is 0 Å². The van der Waals surface area contributed by atoms with Crippen molar-refractivity contribution in [3.05, 3.63) is 28.6 Å². The molecule has 0 saturated carbocycles. The van der Waals surface area contributed by atoms with E-state index in [-0.39, 0.29) is 5.43 Å². The van der Waals surface area contributed by atoms with Gasteiger partial charge in [0.05, 0.1) is 6.61 Å². The van der Waals surface area contributed by atoms with Crippen LogP contribution in [-0.2, 0) is 0 Å². The predicted octanol–water partition coefficient (Wildman–Crippen LogP) is 1.16. The zero-order valence-corrected chi connectivity index (χ0v) is 6.46. The van der Waals surface area contributed by atoms with Crippen molar-refractivity contribution in [2.24, 2.45) is 0 Å². The van der Waals surface area contributed by atoms with Gasteiger partial charge < -0.3 is 9.72 Å². The van der Waals surface area contributed by atoms with Crippen LogP contribution in [0.15, 0.2) is 23.1 Å². The molecule has 60 valence electrons. The second-order valence-corrected chi connectivity index (χ2v) is 2.24. The second kappa shape index (κ2) is 3.81. The first-order chi connectivity index (χ1) is 5.33. The van der Waals surface area contributed by atoms with E-state index >= 15 is 0 Å². The van der Waals surface area contributed by atoms with E-state index in [4.69, 9.17) is 4.74 Å². The van der Waals surface area contributed by atoms with Gasteiger partial charge in [0.25, 0.3) is 0 Å². The summed E-state index contributed by atoms with van der Waals surface area (Å²) in [5.74, 6) is 0.541. The fourth-order valence-corrected chi connectivity index (χ4v) is 0.720.